The summed E-state index contributed by atoms with van der Waals surface area (Å²) in [5.41, 5.74) is 0.640. The van der Waals surface area contributed by atoms with Crippen LogP contribution in [0.25, 0.3) is 0 Å². The molecule has 0 unspecified atom stereocenters. The molecular formula is C17H22N4O3. The second kappa shape index (κ2) is 6.41. The monoisotopic (exact) mass is 330 g/mol. The summed E-state index contributed by atoms with van der Waals surface area (Å²) in [5, 5.41) is 4.10. The highest BCUT2D eigenvalue weighted by Crippen LogP contribution is 2.25. The molecule has 2 atom stereocenters. The molecule has 2 aromatic rings. The molecule has 0 aromatic carbocycles. The third kappa shape index (κ3) is 3.09. The fourth-order valence-electron chi connectivity index (χ4n) is 3.63. The van der Waals surface area contributed by atoms with Gasteiger partial charge < -0.3 is 14.1 Å². The number of aryl methyl sites for hydroxylation is 1. The van der Waals surface area contributed by atoms with Crippen LogP contribution in [-0.4, -0.2) is 64.4 Å². The first kappa shape index (κ1) is 15.4. The van der Waals surface area contributed by atoms with Crippen molar-refractivity contribution >= 4 is 5.91 Å². The molecule has 2 aliphatic heterocycles. The summed E-state index contributed by atoms with van der Waals surface area (Å²) in [6, 6.07) is 3.90. The minimum atomic E-state index is 0.0387. The molecule has 0 bridgehead atoms. The van der Waals surface area contributed by atoms with E-state index in [1.807, 2.05) is 24.1 Å². The minimum Gasteiger partial charge on any atom is -0.468 e. The molecule has 0 spiro atoms. The highest BCUT2D eigenvalue weighted by molar-refractivity contribution is 5.93. The van der Waals surface area contributed by atoms with Gasteiger partial charge in [0.2, 0.25) is 0 Å². The summed E-state index contributed by atoms with van der Waals surface area (Å²) in [6.07, 6.45) is 5.29. The Bertz CT molecular complexity index is 697. The Kier molecular flexibility index (Phi) is 4.12. The Hall–Kier alpha value is -2.12. The van der Waals surface area contributed by atoms with Crippen molar-refractivity contribution in [1.82, 2.24) is 19.6 Å². The SMILES string of the molecule is Cn1cc(C(=O)N2CCO[C@H]3CN(Cc4ccco4)C[C@H]3C2)cn1. The lowest BCUT2D eigenvalue weighted by atomic mass is 10.1. The standard InChI is InChI=1S/C17H22N4O3/c1-19-8-13(7-18-19)17(22)21-4-6-24-16-12-20(9-14(16)10-21)11-15-3-2-5-23-15/h2-3,5,7-8,14,16H,4,6,9-12H2,1H3/t14-,16-/m0/s1. The second-order valence-corrected chi connectivity index (χ2v) is 6.60. The molecule has 2 aromatic heterocycles. The summed E-state index contributed by atoms with van der Waals surface area (Å²) < 4.78 is 13.1. The molecule has 4 rings (SSSR count). The Morgan fingerprint density at radius 2 is 2.29 bits per heavy atom. The van der Waals surface area contributed by atoms with E-state index in [1.54, 1.807) is 23.3 Å². The van der Waals surface area contributed by atoms with Gasteiger partial charge in [-0.05, 0) is 12.1 Å². The third-order valence-corrected chi connectivity index (χ3v) is 4.80. The minimum absolute atomic E-state index is 0.0387. The predicted octanol–water partition coefficient (Wildman–Crippen LogP) is 0.986. The zero-order valence-corrected chi connectivity index (χ0v) is 13.8. The molecule has 2 fully saturated rings. The molecule has 2 aliphatic rings. The van der Waals surface area contributed by atoms with Crippen molar-refractivity contribution in [2.75, 3.05) is 32.8 Å². The molecular weight excluding hydrogens is 308 g/mol. The molecule has 128 valence electrons. The van der Waals surface area contributed by atoms with E-state index in [-0.39, 0.29) is 12.0 Å². The molecule has 0 saturated carbocycles. The highest BCUT2D eigenvalue weighted by atomic mass is 16.5. The van der Waals surface area contributed by atoms with Crippen molar-refractivity contribution in [2.45, 2.75) is 12.6 Å². The van der Waals surface area contributed by atoms with E-state index in [0.29, 0.717) is 24.6 Å². The lowest BCUT2D eigenvalue weighted by Crippen LogP contribution is -2.37. The number of amides is 1. The summed E-state index contributed by atoms with van der Waals surface area (Å²) in [7, 11) is 1.82. The van der Waals surface area contributed by atoms with Crippen molar-refractivity contribution in [3.63, 3.8) is 0 Å². The van der Waals surface area contributed by atoms with Gasteiger partial charge in [-0.2, -0.15) is 5.10 Å². The van der Waals surface area contributed by atoms with Crippen LogP contribution in [0.5, 0.6) is 0 Å². The normalized spacial score (nSPS) is 24.8. The zero-order chi connectivity index (χ0) is 16.5. The molecule has 0 radical (unpaired) electrons. The Balaban J connectivity index is 1.41. The molecule has 0 N–H and O–H groups in total. The second-order valence-electron chi connectivity index (χ2n) is 6.60. The zero-order valence-electron chi connectivity index (χ0n) is 13.8. The number of nitrogens with zero attached hydrogens (tertiary/aromatic N) is 4. The van der Waals surface area contributed by atoms with Crippen LogP contribution in [0.1, 0.15) is 16.1 Å². The summed E-state index contributed by atoms with van der Waals surface area (Å²) in [6.45, 7) is 4.55. The van der Waals surface area contributed by atoms with Crippen LogP contribution < -0.4 is 0 Å². The lowest BCUT2D eigenvalue weighted by Gasteiger charge is -2.23. The number of hydrogen-bond acceptors (Lipinski definition) is 5. The summed E-state index contributed by atoms with van der Waals surface area (Å²) in [4.78, 5) is 16.9. The van der Waals surface area contributed by atoms with Gasteiger partial charge in [-0.15, -0.1) is 0 Å². The Labute approximate surface area is 140 Å². The fourth-order valence-corrected chi connectivity index (χ4v) is 3.63. The maximum absolute atomic E-state index is 12.7. The van der Waals surface area contributed by atoms with E-state index >= 15 is 0 Å². The van der Waals surface area contributed by atoms with Gasteiger partial charge in [0.05, 0.1) is 37.3 Å². The van der Waals surface area contributed by atoms with Gasteiger partial charge in [0, 0.05) is 45.3 Å². The van der Waals surface area contributed by atoms with Crippen LogP contribution in [0.2, 0.25) is 0 Å². The summed E-state index contributed by atoms with van der Waals surface area (Å²) in [5.74, 6) is 1.34. The molecule has 7 nitrogen and oxygen atoms in total. The van der Waals surface area contributed by atoms with Gasteiger partial charge >= 0.3 is 0 Å². The first-order valence-electron chi connectivity index (χ1n) is 8.33. The van der Waals surface area contributed by atoms with Crippen LogP contribution in [0.15, 0.2) is 35.2 Å². The fraction of sp³-hybridized carbons (Fsp3) is 0.529. The quantitative estimate of drug-likeness (QED) is 0.840. The first-order chi connectivity index (χ1) is 11.7. The first-order valence-corrected chi connectivity index (χ1v) is 8.33. The number of ether oxygens (including phenoxy) is 1. The van der Waals surface area contributed by atoms with E-state index in [2.05, 4.69) is 10.00 Å². The molecule has 1 amide bonds. The van der Waals surface area contributed by atoms with Crippen molar-refractivity contribution in [3.05, 3.63) is 42.1 Å². The predicted molar refractivity (Wildman–Crippen MR) is 86.3 cm³/mol. The van der Waals surface area contributed by atoms with E-state index in [9.17, 15) is 4.79 Å². The van der Waals surface area contributed by atoms with Gasteiger partial charge in [-0.3, -0.25) is 14.4 Å². The topological polar surface area (TPSA) is 63.7 Å². The average molecular weight is 330 g/mol. The number of fused-ring (bicyclic) bond motifs is 1. The van der Waals surface area contributed by atoms with Crippen LogP contribution in [0.3, 0.4) is 0 Å². The van der Waals surface area contributed by atoms with Gasteiger partial charge in [-0.25, -0.2) is 0 Å². The van der Waals surface area contributed by atoms with Crippen molar-refractivity contribution in [2.24, 2.45) is 13.0 Å². The molecule has 2 saturated heterocycles. The maximum atomic E-state index is 12.7. The van der Waals surface area contributed by atoms with Crippen molar-refractivity contribution in [3.8, 4) is 0 Å². The molecule has 24 heavy (non-hydrogen) atoms. The van der Waals surface area contributed by atoms with Crippen LogP contribution in [-0.2, 0) is 18.3 Å². The number of hydrogen-bond donors (Lipinski definition) is 0. The number of likely N-dealkylation sites (tertiary alicyclic amines) is 1. The summed E-state index contributed by atoms with van der Waals surface area (Å²) >= 11 is 0. The third-order valence-electron chi connectivity index (χ3n) is 4.80. The van der Waals surface area contributed by atoms with Crippen LogP contribution in [0.4, 0.5) is 0 Å². The number of rotatable bonds is 3. The van der Waals surface area contributed by atoms with Crippen LogP contribution >= 0.6 is 0 Å². The average Bonchev–Trinajstić information content (AvgIpc) is 3.27. The van der Waals surface area contributed by atoms with E-state index < -0.39 is 0 Å². The lowest BCUT2D eigenvalue weighted by molar-refractivity contribution is 0.0497. The van der Waals surface area contributed by atoms with Gasteiger partial charge in [0.1, 0.15) is 5.76 Å². The maximum Gasteiger partial charge on any atom is 0.257 e. The van der Waals surface area contributed by atoms with E-state index in [4.69, 9.17) is 9.15 Å². The Morgan fingerprint density at radius 1 is 1.38 bits per heavy atom. The van der Waals surface area contributed by atoms with Gasteiger partial charge in [0.15, 0.2) is 0 Å². The number of carbonyl (C=O) groups excluding carboxylic acids is 1. The highest BCUT2D eigenvalue weighted by Gasteiger charge is 2.38. The molecule has 7 heteroatoms. The number of aromatic nitrogens is 2. The Morgan fingerprint density at radius 3 is 3.04 bits per heavy atom. The van der Waals surface area contributed by atoms with Crippen molar-refractivity contribution < 1.29 is 13.9 Å². The largest absolute Gasteiger partial charge is 0.468 e. The van der Waals surface area contributed by atoms with E-state index in [1.165, 1.54) is 0 Å². The molecule has 4 heterocycles. The van der Waals surface area contributed by atoms with Crippen LogP contribution in [0, 0.1) is 5.92 Å². The number of carbonyl (C=O) groups is 1. The van der Waals surface area contributed by atoms with Gasteiger partial charge in [-0.1, -0.05) is 0 Å². The van der Waals surface area contributed by atoms with Crippen molar-refractivity contribution in [1.29, 1.82) is 0 Å². The smallest absolute Gasteiger partial charge is 0.257 e. The molecule has 0 aliphatic carbocycles. The van der Waals surface area contributed by atoms with Gasteiger partial charge in [0.25, 0.3) is 5.91 Å². The number of furan rings is 1. The van der Waals surface area contributed by atoms with E-state index in [0.717, 1.165) is 31.9 Å².